The minimum atomic E-state index is -0.174. The summed E-state index contributed by atoms with van der Waals surface area (Å²) in [5.74, 6) is 1.91. The monoisotopic (exact) mass is 390 g/mol. The number of carbonyl (C=O) groups excluding carboxylic acids is 1. The van der Waals surface area contributed by atoms with Gasteiger partial charge in [0.25, 0.3) is 5.91 Å². The molecule has 1 saturated heterocycles. The van der Waals surface area contributed by atoms with Crippen molar-refractivity contribution in [2.24, 2.45) is 0 Å². The van der Waals surface area contributed by atoms with E-state index < -0.39 is 0 Å². The van der Waals surface area contributed by atoms with Crippen molar-refractivity contribution >= 4 is 17.4 Å². The predicted molar refractivity (Wildman–Crippen MR) is 103 cm³/mol. The topological polar surface area (TPSA) is 106 Å². The van der Waals surface area contributed by atoms with Crippen LogP contribution in [0, 0.1) is 6.92 Å². The van der Waals surface area contributed by atoms with Gasteiger partial charge in [-0.05, 0) is 31.2 Å². The number of aromatic nitrogens is 6. The van der Waals surface area contributed by atoms with Gasteiger partial charge in [0.2, 0.25) is 0 Å². The van der Waals surface area contributed by atoms with E-state index in [4.69, 9.17) is 4.52 Å². The fourth-order valence-electron chi connectivity index (χ4n) is 3.31. The Hall–Kier alpha value is -3.82. The van der Waals surface area contributed by atoms with E-state index in [9.17, 15) is 4.79 Å². The Morgan fingerprint density at radius 2 is 2.10 bits per heavy atom. The highest BCUT2D eigenvalue weighted by Gasteiger charge is 2.34. The van der Waals surface area contributed by atoms with E-state index in [1.165, 1.54) is 0 Å². The molecule has 0 N–H and O–H groups in total. The molecule has 0 bridgehead atoms. The van der Waals surface area contributed by atoms with Crippen molar-refractivity contribution in [2.75, 3.05) is 25.0 Å². The van der Waals surface area contributed by atoms with E-state index in [2.05, 4.69) is 30.3 Å². The van der Waals surface area contributed by atoms with E-state index in [1.54, 1.807) is 41.0 Å². The molecule has 1 fully saturated rings. The van der Waals surface area contributed by atoms with E-state index in [-0.39, 0.29) is 17.6 Å². The molecular formula is C19H18N8O2. The lowest BCUT2D eigenvalue weighted by molar-refractivity contribution is 0.0694. The zero-order chi connectivity index (χ0) is 20.0. The molecule has 0 saturated carbocycles. The summed E-state index contributed by atoms with van der Waals surface area (Å²) in [4.78, 5) is 20.6. The van der Waals surface area contributed by atoms with Crippen LogP contribution in [0.4, 0.5) is 5.82 Å². The van der Waals surface area contributed by atoms with Gasteiger partial charge in [-0.25, -0.2) is 0 Å². The number of amides is 1. The first kappa shape index (κ1) is 17.3. The Balaban J connectivity index is 1.26. The number of nitrogens with zero attached hydrogens (tertiary/aromatic N) is 8. The molecule has 0 radical (unpaired) electrons. The standard InChI is InChI=1S/C19H18N8O2/c1-12-21-22-17-5-6-18(23-27(12)17)26-10-14(11-26)25(2)19(28)15-8-16(29-24-15)13-4-3-7-20-9-13/h3-9,14H,10-11H2,1-2H3. The van der Waals surface area contributed by atoms with Gasteiger partial charge in [-0.3, -0.25) is 9.78 Å². The molecule has 1 aliphatic heterocycles. The second-order valence-electron chi connectivity index (χ2n) is 7.00. The number of hydrogen-bond acceptors (Lipinski definition) is 8. The molecule has 4 aromatic heterocycles. The maximum atomic E-state index is 12.8. The van der Waals surface area contributed by atoms with E-state index >= 15 is 0 Å². The van der Waals surface area contributed by atoms with Gasteiger partial charge in [-0.2, -0.15) is 4.52 Å². The number of likely N-dealkylation sites (N-methyl/N-ethyl adjacent to an activating group) is 1. The Labute approximate surface area is 165 Å². The first-order valence-corrected chi connectivity index (χ1v) is 9.18. The Morgan fingerprint density at radius 3 is 2.90 bits per heavy atom. The second kappa shape index (κ2) is 6.66. The highest BCUT2D eigenvalue weighted by atomic mass is 16.5. The molecule has 0 spiro atoms. The predicted octanol–water partition coefficient (Wildman–Crippen LogP) is 1.44. The highest BCUT2D eigenvalue weighted by Crippen LogP contribution is 2.24. The number of pyridine rings is 1. The van der Waals surface area contributed by atoms with Crippen LogP contribution in [0.25, 0.3) is 17.0 Å². The summed E-state index contributed by atoms with van der Waals surface area (Å²) in [6.07, 6.45) is 3.35. The van der Waals surface area contributed by atoms with Crippen molar-refractivity contribution in [3.8, 4) is 11.3 Å². The molecule has 29 heavy (non-hydrogen) atoms. The maximum absolute atomic E-state index is 12.8. The maximum Gasteiger partial charge on any atom is 0.276 e. The number of carbonyl (C=O) groups is 1. The minimum Gasteiger partial charge on any atom is -0.355 e. The molecule has 1 amide bonds. The number of fused-ring (bicyclic) bond motifs is 1. The van der Waals surface area contributed by atoms with Crippen molar-refractivity contribution in [3.05, 3.63) is 54.2 Å². The fourth-order valence-corrected chi connectivity index (χ4v) is 3.31. The van der Waals surface area contributed by atoms with E-state index in [0.717, 1.165) is 17.2 Å². The summed E-state index contributed by atoms with van der Waals surface area (Å²) in [7, 11) is 1.78. The van der Waals surface area contributed by atoms with Crippen LogP contribution in [0.2, 0.25) is 0 Å². The van der Waals surface area contributed by atoms with Crippen molar-refractivity contribution in [1.29, 1.82) is 0 Å². The van der Waals surface area contributed by atoms with Crippen LogP contribution in [0.1, 0.15) is 16.3 Å². The molecule has 0 aliphatic carbocycles. The first-order chi connectivity index (χ1) is 14.1. The van der Waals surface area contributed by atoms with Gasteiger partial charge in [0.15, 0.2) is 22.9 Å². The summed E-state index contributed by atoms with van der Waals surface area (Å²) in [5.41, 5.74) is 1.78. The number of anilines is 1. The van der Waals surface area contributed by atoms with E-state index in [1.807, 2.05) is 25.1 Å². The van der Waals surface area contributed by atoms with Gasteiger partial charge in [0.1, 0.15) is 5.82 Å². The highest BCUT2D eigenvalue weighted by molar-refractivity contribution is 5.93. The zero-order valence-corrected chi connectivity index (χ0v) is 15.9. The Bertz CT molecular complexity index is 1180. The largest absolute Gasteiger partial charge is 0.355 e. The number of aryl methyl sites for hydroxylation is 1. The van der Waals surface area contributed by atoms with Gasteiger partial charge in [0, 0.05) is 44.2 Å². The summed E-state index contributed by atoms with van der Waals surface area (Å²) in [6.45, 7) is 3.24. The quantitative estimate of drug-likeness (QED) is 0.515. The molecule has 10 nitrogen and oxygen atoms in total. The molecule has 5 rings (SSSR count). The lowest BCUT2D eigenvalue weighted by atomic mass is 10.1. The van der Waals surface area contributed by atoms with Crippen molar-refractivity contribution < 1.29 is 9.32 Å². The third kappa shape index (κ3) is 2.98. The summed E-state index contributed by atoms with van der Waals surface area (Å²) in [5, 5.41) is 16.6. The van der Waals surface area contributed by atoms with Crippen LogP contribution in [0.5, 0.6) is 0 Å². The summed E-state index contributed by atoms with van der Waals surface area (Å²) in [6, 6.07) is 9.19. The molecule has 5 heterocycles. The molecular weight excluding hydrogens is 372 g/mol. The van der Waals surface area contributed by atoms with Crippen LogP contribution in [-0.4, -0.2) is 66.9 Å². The van der Waals surface area contributed by atoms with Gasteiger partial charge < -0.3 is 14.3 Å². The molecule has 10 heteroatoms. The molecule has 0 unspecified atom stereocenters. The van der Waals surface area contributed by atoms with Crippen molar-refractivity contribution in [3.63, 3.8) is 0 Å². The van der Waals surface area contributed by atoms with Gasteiger partial charge in [-0.15, -0.1) is 15.3 Å². The zero-order valence-electron chi connectivity index (χ0n) is 15.9. The van der Waals surface area contributed by atoms with Gasteiger partial charge >= 0.3 is 0 Å². The Morgan fingerprint density at radius 1 is 1.24 bits per heavy atom. The van der Waals surface area contributed by atoms with Gasteiger partial charge in [0.05, 0.1) is 6.04 Å². The fraction of sp³-hybridized carbons (Fsp3) is 0.263. The third-order valence-electron chi connectivity index (χ3n) is 5.13. The van der Waals surface area contributed by atoms with Crippen LogP contribution in [0.3, 0.4) is 0 Å². The first-order valence-electron chi connectivity index (χ1n) is 9.18. The average molecular weight is 390 g/mol. The number of rotatable bonds is 4. The number of hydrogen-bond donors (Lipinski definition) is 0. The molecule has 0 atom stereocenters. The van der Waals surface area contributed by atoms with E-state index in [0.29, 0.717) is 24.5 Å². The molecule has 0 aromatic carbocycles. The molecule has 4 aromatic rings. The third-order valence-corrected chi connectivity index (χ3v) is 5.13. The van der Waals surface area contributed by atoms with Crippen molar-refractivity contribution in [2.45, 2.75) is 13.0 Å². The summed E-state index contributed by atoms with van der Waals surface area (Å²) >= 11 is 0. The van der Waals surface area contributed by atoms with Crippen LogP contribution in [-0.2, 0) is 0 Å². The van der Waals surface area contributed by atoms with Gasteiger partial charge in [-0.1, -0.05) is 5.16 Å². The Kier molecular flexibility index (Phi) is 3.97. The summed E-state index contributed by atoms with van der Waals surface area (Å²) < 4.78 is 7.03. The molecule has 146 valence electrons. The smallest absolute Gasteiger partial charge is 0.276 e. The lowest BCUT2D eigenvalue weighted by Crippen LogP contribution is -2.60. The molecule has 1 aliphatic rings. The van der Waals surface area contributed by atoms with Crippen molar-refractivity contribution in [1.82, 2.24) is 34.9 Å². The SMILES string of the molecule is Cc1nnc2ccc(N3CC(N(C)C(=O)c4cc(-c5cccnc5)on4)C3)nn12. The second-order valence-corrected chi connectivity index (χ2v) is 7.00. The van der Waals surface area contributed by atoms with Crippen LogP contribution >= 0.6 is 0 Å². The minimum absolute atomic E-state index is 0.0700. The average Bonchev–Trinajstić information content (AvgIpc) is 3.34. The lowest BCUT2D eigenvalue weighted by Gasteiger charge is -2.44. The normalized spacial score (nSPS) is 14.2. The van der Waals surface area contributed by atoms with Crippen LogP contribution in [0.15, 0.2) is 47.2 Å². The van der Waals surface area contributed by atoms with Crippen LogP contribution < -0.4 is 4.90 Å².